The van der Waals surface area contributed by atoms with Gasteiger partial charge in [0, 0.05) is 22.6 Å². The van der Waals surface area contributed by atoms with Gasteiger partial charge in [-0.25, -0.2) is 0 Å². The van der Waals surface area contributed by atoms with Crippen LogP contribution in [0, 0.1) is 5.92 Å². The van der Waals surface area contributed by atoms with Crippen LogP contribution >= 0.6 is 0 Å². The minimum Gasteiger partial charge on any atom is -0.313 e. The van der Waals surface area contributed by atoms with Crippen molar-refractivity contribution in [3.63, 3.8) is 0 Å². The molecule has 1 rings (SSSR count). The third-order valence-electron chi connectivity index (χ3n) is 3.40. The van der Waals surface area contributed by atoms with E-state index in [9.17, 15) is 4.21 Å². The van der Waals surface area contributed by atoms with Crippen LogP contribution in [0.25, 0.3) is 0 Å². The molecule has 4 unspecified atom stereocenters. The normalized spacial score (nSPS) is 30.3. The minimum atomic E-state index is -0.619. The van der Waals surface area contributed by atoms with E-state index in [2.05, 4.69) is 26.1 Å². The maximum Gasteiger partial charge on any atom is 0.0501 e. The van der Waals surface area contributed by atoms with Crippen LogP contribution in [0.3, 0.4) is 0 Å². The van der Waals surface area contributed by atoms with Crippen molar-refractivity contribution in [3.8, 4) is 0 Å². The van der Waals surface area contributed by atoms with E-state index in [4.69, 9.17) is 0 Å². The second kappa shape index (κ2) is 6.64. The Morgan fingerprint density at radius 2 is 2.13 bits per heavy atom. The van der Waals surface area contributed by atoms with Gasteiger partial charge in [0.1, 0.15) is 0 Å². The summed E-state index contributed by atoms with van der Waals surface area (Å²) in [6.07, 6.45) is 4.75. The van der Waals surface area contributed by atoms with Gasteiger partial charge in [0.25, 0.3) is 0 Å². The van der Waals surface area contributed by atoms with Gasteiger partial charge in [0.15, 0.2) is 0 Å². The van der Waals surface area contributed by atoms with Crippen molar-refractivity contribution in [1.82, 2.24) is 5.32 Å². The molecule has 0 spiro atoms. The van der Waals surface area contributed by atoms with E-state index in [1.807, 2.05) is 0 Å². The molecule has 3 heteroatoms. The second-order valence-corrected chi connectivity index (χ2v) is 6.39. The van der Waals surface area contributed by atoms with Gasteiger partial charge in [-0.3, -0.25) is 4.21 Å². The van der Waals surface area contributed by atoms with E-state index in [1.54, 1.807) is 0 Å². The van der Waals surface area contributed by atoms with E-state index >= 15 is 0 Å². The molecule has 0 aromatic rings. The first-order valence-electron chi connectivity index (χ1n) is 6.29. The second-order valence-electron chi connectivity index (χ2n) is 4.69. The summed E-state index contributed by atoms with van der Waals surface area (Å²) in [6.45, 7) is 7.52. The topological polar surface area (TPSA) is 29.1 Å². The molecule has 1 fully saturated rings. The summed E-state index contributed by atoms with van der Waals surface area (Å²) in [5, 5.41) is 3.89. The number of nitrogens with one attached hydrogen (secondary N) is 1. The van der Waals surface area contributed by atoms with E-state index in [-0.39, 0.29) is 0 Å². The predicted molar refractivity (Wildman–Crippen MR) is 67.6 cm³/mol. The maximum absolute atomic E-state index is 12.2. The molecule has 0 heterocycles. The van der Waals surface area contributed by atoms with E-state index in [0.29, 0.717) is 17.2 Å². The average Bonchev–Trinajstić information content (AvgIpc) is 2.66. The van der Waals surface area contributed by atoms with Crippen LogP contribution in [0.5, 0.6) is 0 Å². The summed E-state index contributed by atoms with van der Waals surface area (Å²) in [5.74, 6) is 1.50. The lowest BCUT2D eigenvalue weighted by Crippen LogP contribution is -2.39. The monoisotopic (exact) mass is 231 g/mol. The van der Waals surface area contributed by atoms with Crippen LogP contribution in [0.4, 0.5) is 0 Å². The molecule has 0 bridgehead atoms. The molecule has 0 aliphatic heterocycles. The Balaban J connectivity index is 2.43. The molecule has 0 aromatic carbocycles. The van der Waals surface area contributed by atoms with Crippen molar-refractivity contribution in [2.45, 2.75) is 57.7 Å². The SMILES string of the molecule is CCNC1CCCC1S(=O)CC(C)CC. The van der Waals surface area contributed by atoms with Gasteiger partial charge < -0.3 is 5.32 Å². The number of hydrogen-bond acceptors (Lipinski definition) is 2. The molecule has 1 saturated carbocycles. The summed E-state index contributed by atoms with van der Waals surface area (Å²) in [7, 11) is -0.619. The van der Waals surface area contributed by atoms with Crippen LogP contribution in [-0.4, -0.2) is 27.8 Å². The van der Waals surface area contributed by atoms with Crippen molar-refractivity contribution >= 4 is 10.8 Å². The first kappa shape index (κ1) is 13.2. The van der Waals surface area contributed by atoms with Crippen molar-refractivity contribution in [3.05, 3.63) is 0 Å². The Morgan fingerprint density at radius 3 is 2.73 bits per heavy atom. The molecule has 1 aliphatic rings. The highest BCUT2D eigenvalue weighted by atomic mass is 32.2. The lowest BCUT2D eigenvalue weighted by atomic mass is 10.2. The van der Waals surface area contributed by atoms with Crippen molar-refractivity contribution in [1.29, 1.82) is 0 Å². The zero-order valence-electron chi connectivity index (χ0n) is 10.3. The summed E-state index contributed by atoms with van der Waals surface area (Å²) >= 11 is 0. The van der Waals surface area contributed by atoms with Gasteiger partial charge in [-0.2, -0.15) is 0 Å². The van der Waals surface area contributed by atoms with E-state index in [0.717, 1.165) is 25.1 Å². The summed E-state index contributed by atoms with van der Waals surface area (Å²) in [4.78, 5) is 0. The van der Waals surface area contributed by atoms with E-state index in [1.165, 1.54) is 12.8 Å². The molecular formula is C12H25NOS. The summed E-state index contributed by atoms with van der Waals surface area (Å²) in [6, 6.07) is 0.514. The average molecular weight is 231 g/mol. The zero-order chi connectivity index (χ0) is 11.3. The van der Waals surface area contributed by atoms with Gasteiger partial charge in [-0.1, -0.05) is 33.6 Å². The number of rotatable bonds is 6. The molecule has 90 valence electrons. The van der Waals surface area contributed by atoms with Crippen LogP contribution < -0.4 is 5.32 Å². The Labute approximate surface area is 96.7 Å². The van der Waals surface area contributed by atoms with Gasteiger partial charge in [-0.15, -0.1) is 0 Å². The Hall–Kier alpha value is 0.110. The molecule has 1 N–H and O–H groups in total. The summed E-state index contributed by atoms with van der Waals surface area (Å²) in [5.41, 5.74) is 0. The minimum absolute atomic E-state index is 0.416. The smallest absolute Gasteiger partial charge is 0.0501 e. The van der Waals surface area contributed by atoms with E-state index < -0.39 is 10.8 Å². The fourth-order valence-corrected chi connectivity index (χ4v) is 4.33. The fraction of sp³-hybridized carbons (Fsp3) is 1.00. The largest absolute Gasteiger partial charge is 0.313 e. The van der Waals surface area contributed by atoms with Gasteiger partial charge >= 0.3 is 0 Å². The first-order valence-corrected chi connectivity index (χ1v) is 7.67. The van der Waals surface area contributed by atoms with Crippen molar-refractivity contribution < 1.29 is 4.21 Å². The molecule has 0 radical (unpaired) electrons. The van der Waals surface area contributed by atoms with Crippen LogP contribution in [0.1, 0.15) is 46.5 Å². The fourth-order valence-electron chi connectivity index (χ4n) is 2.26. The lowest BCUT2D eigenvalue weighted by Gasteiger charge is -2.21. The lowest BCUT2D eigenvalue weighted by molar-refractivity contribution is 0.536. The first-order chi connectivity index (χ1) is 7.19. The highest BCUT2D eigenvalue weighted by Crippen LogP contribution is 2.25. The molecule has 0 aromatic heterocycles. The molecule has 1 aliphatic carbocycles. The molecule has 0 amide bonds. The molecular weight excluding hydrogens is 206 g/mol. The Kier molecular flexibility index (Phi) is 5.83. The Bertz CT molecular complexity index is 208. The van der Waals surface area contributed by atoms with Gasteiger partial charge in [0.05, 0.1) is 5.25 Å². The van der Waals surface area contributed by atoms with Crippen LogP contribution in [0.15, 0.2) is 0 Å². The van der Waals surface area contributed by atoms with Crippen LogP contribution in [-0.2, 0) is 10.8 Å². The third kappa shape index (κ3) is 3.87. The zero-order valence-corrected chi connectivity index (χ0v) is 11.1. The standard InChI is InChI=1S/C12H25NOS/c1-4-10(3)9-15(14)12-8-6-7-11(12)13-5-2/h10-13H,4-9H2,1-3H3. The van der Waals surface area contributed by atoms with Gasteiger partial charge in [0.2, 0.25) is 0 Å². The van der Waals surface area contributed by atoms with Crippen molar-refractivity contribution in [2.75, 3.05) is 12.3 Å². The molecule has 0 saturated heterocycles. The number of hydrogen-bond donors (Lipinski definition) is 1. The van der Waals surface area contributed by atoms with Crippen LogP contribution in [0.2, 0.25) is 0 Å². The third-order valence-corrected chi connectivity index (χ3v) is 5.54. The quantitative estimate of drug-likeness (QED) is 0.760. The van der Waals surface area contributed by atoms with Gasteiger partial charge in [-0.05, 0) is 25.3 Å². The summed E-state index contributed by atoms with van der Waals surface area (Å²) < 4.78 is 12.2. The molecule has 4 atom stereocenters. The molecule has 15 heavy (non-hydrogen) atoms. The highest BCUT2D eigenvalue weighted by Gasteiger charge is 2.31. The Morgan fingerprint density at radius 1 is 1.40 bits per heavy atom. The van der Waals surface area contributed by atoms with Crippen molar-refractivity contribution in [2.24, 2.45) is 5.92 Å². The highest BCUT2D eigenvalue weighted by molar-refractivity contribution is 7.85. The predicted octanol–water partition coefficient (Wildman–Crippen LogP) is 2.31. The maximum atomic E-state index is 12.2. The molecule has 2 nitrogen and oxygen atoms in total.